The van der Waals surface area contributed by atoms with Gasteiger partial charge in [0.15, 0.2) is 0 Å². The molecular formula is C10H12N4O2. The van der Waals surface area contributed by atoms with E-state index in [9.17, 15) is 9.90 Å². The second kappa shape index (κ2) is 3.51. The van der Waals surface area contributed by atoms with Gasteiger partial charge in [-0.1, -0.05) is 24.3 Å². The molecule has 0 bridgehead atoms. The van der Waals surface area contributed by atoms with Crippen LogP contribution in [0.4, 0.5) is 0 Å². The highest BCUT2D eigenvalue weighted by molar-refractivity contribution is 6.41. The van der Waals surface area contributed by atoms with Crippen LogP contribution in [0.1, 0.15) is 0 Å². The van der Waals surface area contributed by atoms with Gasteiger partial charge >= 0.3 is 0 Å². The average molecular weight is 220 g/mol. The molecule has 6 heteroatoms. The van der Waals surface area contributed by atoms with Gasteiger partial charge in [-0.05, 0) is 0 Å². The molecule has 0 aromatic heterocycles. The van der Waals surface area contributed by atoms with Gasteiger partial charge in [0.1, 0.15) is 11.9 Å². The minimum atomic E-state index is -0.850. The molecule has 0 aromatic carbocycles. The van der Waals surface area contributed by atoms with Gasteiger partial charge < -0.3 is 5.11 Å². The van der Waals surface area contributed by atoms with Gasteiger partial charge in [0.2, 0.25) is 0 Å². The van der Waals surface area contributed by atoms with E-state index in [0.717, 1.165) is 0 Å². The summed E-state index contributed by atoms with van der Waals surface area (Å²) in [5.41, 5.74) is 5.23. The lowest BCUT2D eigenvalue weighted by atomic mass is 9.95. The molecule has 3 aliphatic rings. The van der Waals surface area contributed by atoms with Crippen molar-refractivity contribution in [1.29, 1.82) is 0 Å². The summed E-state index contributed by atoms with van der Waals surface area (Å²) in [5, 5.41) is 12.9. The van der Waals surface area contributed by atoms with Crippen molar-refractivity contribution in [3.05, 3.63) is 24.3 Å². The van der Waals surface area contributed by atoms with E-state index >= 15 is 0 Å². The molecule has 16 heavy (non-hydrogen) atoms. The number of aliphatic imine (C=N–C) groups is 1. The normalized spacial score (nSPS) is 40.8. The quantitative estimate of drug-likeness (QED) is 0.388. The Bertz CT molecular complexity index is 415. The summed E-state index contributed by atoms with van der Waals surface area (Å²) in [5.74, 6) is -0.288. The Morgan fingerprint density at radius 3 is 3.00 bits per heavy atom. The summed E-state index contributed by atoms with van der Waals surface area (Å²) in [7, 11) is 0. The molecule has 0 aromatic rings. The number of rotatable bonds is 0. The molecule has 1 amide bonds. The molecule has 6 nitrogen and oxygen atoms in total. The van der Waals surface area contributed by atoms with Crippen molar-refractivity contribution in [2.45, 2.75) is 24.4 Å². The smallest absolute Gasteiger partial charge is 0.281 e. The minimum Gasteiger partial charge on any atom is -0.375 e. The predicted molar refractivity (Wildman–Crippen MR) is 57.5 cm³/mol. The van der Waals surface area contributed by atoms with Gasteiger partial charge in [0.05, 0.1) is 18.1 Å². The second-order valence-corrected chi connectivity index (χ2v) is 3.99. The molecule has 2 heterocycles. The van der Waals surface area contributed by atoms with Crippen LogP contribution < -0.4 is 16.2 Å². The van der Waals surface area contributed by atoms with Crippen LogP contribution in [-0.2, 0) is 4.79 Å². The summed E-state index contributed by atoms with van der Waals surface area (Å²) in [6.07, 6.45) is 6.89. The fourth-order valence-electron chi connectivity index (χ4n) is 2.13. The summed E-state index contributed by atoms with van der Waals surface area (Å²) < 4.78 is 0. The van der Waals surface area contributed by atoms with Crippen LogP contribution >= 0.6 is 0 Å². The Morgan fingerprint density at radius 1 is 1.31 bits per heavy atom. The van der Waals surface area contributed by atoms with E-state index in [4.69, 9.17) is 0 Å². The van der Waals surface area contributed by atoms with Gasteiger partial charge in [-0.15, -0.1) is 0 Å². The van der Waals surface area contributed by atoms with E-state index in [1.54, 1.807) is 0 Å². The number of carbonyl (C=O) groups excluding carboxylic acids is 1. The first-order valence-electron chi connectivity index (χ1n) is 5.18. The maximum atomic E-state index is 11.6. The fourth-order valence-corrected chi connectivity index (χ4v) is 2.13. The Labute approximate surface area is 92.1 Å². The number of aliphatic hydroxyl groups is 1. The molecule has 0 spiro atoms. The van der Waals surface area contributed by atoms with Gasteiger partial charge in [-0.3, -0.25) is 20.5 Å². The van der Waals surface area contributed by atoms with Crippen LogP contribution in [0, 0.1) is 0 Å². The first-order valence-corrected chi connectivity index (χ1v) is 5.18. The first kappa shape index (κ1) is 9.71. The van der Waals surface area contributed by atoms with E-state index in [1.165, 1.54) is 0 Å². The molecule has 4 N–H and O–H groups in total. The van der Waals surface area contributed by atoms with Crippen LogP contribution in [0.25, 0.3) is 0 Å². The Morgan fingerprint density at radius 2 is 2.12 bits per heavy atom. The molecular weight excluding hydrogens is 208 g/mol. The average Bonchev–Trinajstić information content (AvgIpc) is 2.32. The largest absolute Gasteiger partial charge is 0.375 e. The predicted octanol–water partition coefficient (Wildman–Crippen LogP) is -1.78. The number of hydrogen-bond donors (Lipinski definition) is 4. The molecule has 84 valence electrons. The monoisotopic (exact) mass is 220 g/mol. The van der Waals surface area contributed by atoms with Gasteiger partial charge in [0, 0.05) is 0 Å². The van der Waals surface area contributed by atoms with Crippen molar-refractivity contribution in [1.82, 2.24) is 16.2 Å². The van der Waals surface area contributed by atoms with Crippen molar-refractivity contribution in [3.8, 4) is 0 Å². The third-order valence-electron chi connectivity index (χ3n) is 2.94. The molecule has 1 saturated heterocycles. The summed E-state index contributed by atoms with van der Waals surface area (Å²) >= 11 is 0. The Kier molecular flexibility index (Phi) is 2.13. The summed E-state index contributed by atoms with van der Waals surface area (Å²) in [6, 6.07) is -0.473. The molecule has 0 radical (unpaired) electrons. The lowest BCUT2D eigenvalue weighted by molar-refractivity contribution is -0.119. The van der Waals surface area contributed by atoms with E-state index < -0.39 is 12.3 Å². The van der Waals surface area contributed by atoms with Crippen molar-refractivity contribution in [3.63, 3.8) is 0 Å². The Hall–Kier alpha value is -1.50. The highest BCUT2D eigenvalue weighted by atomic mass is 16.3. The molecule has 4 atom stereocenters. The highest BCUT2D eigenvalue weighted by Crippen LogP contribution is 2.17. The summed E-state index contributed by atoms with van der Waals surface area (Å²) in [4.78, 5) is 15.9. The molecule has 2 aliphatic heterocycles. The number of aliphatic hydroxyl groups excluding tert-OH is 1. The molecule has 1 aliphatic carbocycles. The van der Waals surface area contributed by atoms with Crippen molar-refractivity contribution in [2.75, 3.05) is 0 Å². The van der Waals surface area contributed by atoms with Crippen LogP contribution in [0.2, 0.25) is 0 Å². The second-order valence-electron chi connectivity index (χ2n) is 3.99. The SMILES string of the molecule is O=C1NNC(O)C2NC3C=CC=CC3N=C12. The van der Waals surface area contributed by atoms with E-state index in [-0.39, 0.29) is 18.0 Å². The Balaban J connectivity index is 1.97. The zero-order chi connectivity index (χ0) is 11.1. The van der Waals surface area contributed by atoms with Crippen molar-refractivity contribution >= 4 is 11.6 Å². The number of carbonyl (C=O) groups is 1. The molecule has 4 unspecified atom stereocenters. The molecule has 0 saturated carbocycles. The van der Waals surface area contributed by atoms with Crippen molar-refractivity contribution < 1.29 is 9.90 Å². The van der Waals surface area contributed by atoms with Crippen LogP contribution in [0.5, 0.6) is 0 Å². The first-order chi connectivity index (χ1) is 7.75. The minimum absolute atomic E-state index is 0.0427. The standard InChI is InChI=1S/C10H12N4O2/c15-9-7-8(10(16)14-13-9)12-6-4-2-1-3-5(6)11-7/h1-7,9,11,13,15H,(H,14,16). The lowest BCUT2D eigenvalue weighted by Gasteiger charge is -2.38. The maximum absolute atomic E-state index is 11.6. The number of nitrogens with one attached hydrogen (secondary N) is 3. The highest BCUT2D eigenvalue weighted by Gasteiger charge is 2.40. The van der Waals surface area contributed by atoms with Gasteiger partial charge in [-0.25, -0.2) is 5.43 Å². The van der Waals surface area contributed by atoms with Crippen LogP contribution in [0.15, 0.2) is 29.3 Å². The number of allylic oxidation sites excluding steroid dienone is 2. The van der Waals surface area contributed by atoms with E-state index in [0.29, 0.717) is 5.71 Å². The van der Waals surface area contributed by atoms with Crippen molar-refractivity contribution in [2.24, 2.45) is 4.99 Å². The zero-order valence-electron chi connectivity index (χ0n) is 8.42. The number of nitrogens with zero attached hydrogens (tertiary/aromatic N) is 1. The van der Waals surface area contributed by atoms with Crippen LogP contribution in [-0.4, -0.2) is 41.1 Å². The number of hydrogen-bond acceptors (Lipinski definition) is 5. The number of amides is 1. The third kappa shape index (κ3) is 1.39. The van der Waals surface area contributed by atoms with Gasteiger partial charge in [-0.2, -0.15) is 0 Å². The topological polar surface area (TPSA) is 85.8 Å². The number of hydrazine groups is 1. The van der Waals surface area contributed by atoms with E-state index in [1.807, 2.05) is 24.3 Å². The fraction of sp³-hybridized carbons (Fsp3) is 0.400. The lowest BCUT2D eigenvalue weighted by Crippen LogP contribution is -2.70. The van der Waals surface area contributed by atoms with Crippen LogP contribution in [0.3, 0.4) is 0 Å². The summed E-state index contributed by atoms with van der Waals surface area (Å²) in [6.45, 7) is 0. The molecule has 3 rings (SSSR count). The number of fused-ring (bicyclic) bond motifs is 2. The zero-order valence-corrected chi connectivity index (χ0v) is 8.42. The molecule has 1 fully saturated rings. The van der Waals surface area contributed by atoms with Gasteiger partial charge in [0.25, 0.3) is 5.91 Å². The maximum Gasteiger partial charge on any atom is 0.281 e. The third-order valence-corrected chi connectivity index (χ3v) is 2.94. The van der Waals surface area contributed by atoms with E-state index in [2.05, 4.69) is 21.2 Å².